The molecule has 98 heavy (non-hydrogen) atoms. The Morgan fingerprint density at radius 1 is 0.265 bits per heavy atom. The maximum atomic E-state index is 14.4. The molecule has 0 N–H and O–H groups in total. The quantitative estimate of drug-likeness (QED) is 0.149. The predicted octanol–water partition coefficient (Wildman–Crippen LogP) is 24.2. The first-order valence-electron chi connectivity index (χ1n) is 28.2. The summed E-state index contributed by atoms with van der Waals surface area (Å²) in [6.45, 7) is 3.16. The van der Waals surface area contributed by atoms with E-state index >= 15 is 0 Å². The molecule has 0 saturated carbocycles. The zero-order chi connectivity index (χ0) is 71.3. The smallest absolute Gasteiger partial charge is 0.307 e. The zero-order valence-corrected chi connectivity index (χ0v) is 49.0. The average Bonchev–Trinajstić information content (AvgIpc) is 1.55. The Kier molecular flexibility index (Phi) is 15.7. The number of hydrogen-bond acceptors (Lipinski definition) is 2. The van der Waals surface area contributed by atoms with Gasteiger partial charge in [0, 0.05) is 38.5 Å². The molecule has 4 nitrogen and oxygen atoms in total. The van der Waals surface area contributed by atoms with Gasteiger partial charge in [0.2, 0.25) is 0 Å². The number of nitriles is 1. The highest BCUT2D eigenvalue weighted by molar-refractivity contribution is 6.14. The number of halogens is 24. The lowest BCUT2D eigenvalue weighted by molar-refractivity contribution is -0.144. The van der Waals surface area contributed by atoms with E-state index in [4.69, 9.17) is 0 Å². The minimum atomic E-state index is -5.39. The predicted molar refractivity (Wildman–Crippen MR) is 314 cm³/mol. The van der Waals surface area contributed by atoms with Crippen molar-refractivity contribution in [1.82, 2.24) is 14.1 Å². The van der Waals surface area contributed by atoms with Crippen molar-refractivity contribution in [3.63, 3.8) is 0 Å². The van der Waals surface area contributed by atoms with Crippen LogP contribution in [0, 0.1) is 25.2 Å². The number of aryl methyl sites for hydroxylation is 2. The Morgan fingerprint density at radius 3 is 0.704 bits per heavy atom. The van der Waals surface area contributed by atoms with Crippen LogP contribution in [0.25, 0.3) is 111 Å². The summed E-state index contributed by atoms with van der Waals surface area (Å²) < 4.78 is 349. The summed E-state index contributed by atoms with van der Waals surface area (Å²) in [6.07, 6.45) is -43.1. The molecule has 0 fully saturated rings. The van der Waals surface area contributed by atoms with Gasteiger partial charge in [0.05, 0.1) is 89.6 Å². The lowest BCUT2D eigenvalue weighted by atomic mass is 9.96. The molecule has 28 heteroatoms. The van der Waals surface area contributed by atoms with Crippen molar-refractivity contribution in [1.29, 1.82) is 5.26 Å². The maximum absolute atomic E-state index is 14.4. The minimum absolute atomic E-state index is 0.0655. The molecule has 0 amide bonds. The van der Waals surface area contributed by atoms with Crippen molar-refractivity contribution in [3.8, 4) is 73.1 Å². The summed E-state index contributed by atoms with van der Waals surface area (Å²) in [5.41, 5.74) is -18.3. The van der Waals surface area contributed by atoms with Crippen molar-refractivity contribution in [3.05, 3.63) is 231 Å². The number of rotatable bonds is 7. The molecule has 0 spiro atoms. The third-order valence-corrected chi connectivity index (χ3v) is 16.3. The van der Waals surface area contributed by atoms with Crippen LogP contribution in [0.2, 0.25) is 0 Å². The molecular weight excluding hydrogens is 1350 g/mol. The van der Waals surface area contributed by atoms with Crippen LogP contribution in [0.15, 0.2) is 170 Å². The van der Waals surface area contributed by atoms with Crippen molar-refractivity contribution >= 4 is 43.6 Å². The fraction of sp³-hybridized carbons (Fsp3) is 0.143. The van der Waals surface area contributed by atoms with E-state index in [0.717, 1.165) is 48.5 Å². The number of hydrogen-bond donors (Lipinski definition) is 0. The summed E-state index contributed by atoms with van der Waals surface area (Å²) in [4.78, 5) is 4.40. The van der Waals surface area contributed by atoms with Crippen LogP contribution in [0.5, 0.6) is 0 Å². The molecule has 9 aromatic carbocycles. The molecule has 0 bridgehead atoms. The van der Waals surface area contributed by atoms with E-state index in [2.05, 4.69) is 11.1 Å². The van der Waals surface area contributed by atoms with Gasteiger partial charge in [-0.15, -0.1) is 0 Å². The Bertz CT molecular complexity index is 4890. The van der Waals surface area contributed by atoms with Crippen LogP contribution in [0.1, 0.15) is 61.5 Å². The Hall–Kier alpha value is -10.5. The molecular formula is C70H34F24N4. The van der Waals surface area contributed by atoms with Gasteiger partial charge in [-0.3, -0.25) is 4.98 Å². The Balaban J connectivity index is 1.23. The molecule has 0 saturated heterocycles. The van der Waals surface area contributed by atoms with Gasteiger partial charge in [0.25, 0.3) is 0 Å². The number of pyridine rings is 1. The van der Waals surface area contributed by atoms with Crippen molar-refractivity contribution < 1.29 is 105 Å². The Labute approximate surface area is 534 Å². The van der Waals surface area contributed by atoms with Crippen LogP contribution < -0.4 is 0 Å². The number of aromatic nitrogens is 3. The molecule has 3 aromatic heterocycles. The molecule has 0 aliphatic carbocycles. The number of alkyl halides is 24. The van der Waals surface area contributed by atoms with Crippen LogP contribution in [-0.2, 0) is 49.4 Å². The van der Waals surface area contributed by atoms with E-state index in [1.54, 1.807) is 13.8 Å². The standard InChI is InChI=1S/C70H34F24N4/c1-32-11-42(12-33(2)96-32)52-30-62(98-59-9-5-36(40-17-48(67(83,84)85)28-49(18-40)68(86,87)88)23-55(59)56-24-37(6-10-60(56)98)41-19-50(69(89,90)91)29-51(20-41)70(92,93)94)61(25-43(52)31-95)97-57-7-3-34(38-13-44(63(71,72)73)26-45(14-38)64(74,75)76)21-53(57)54-22-35(4-8-58(54)97)39-15-46(65(77,78)79)27-47(16-39)66(80,81)82/h3-30H,1-2H3. The van der Waals surface area contributed by atoms with E-state index in [1.165, 1.54) is 57.7 Å². The first kappa shape index (κ1) is 67.5. The van der Waals surface area contributed by atoms with Gasteiger partial charge in [0.15, 0.2) is 0 Å². The van der Waals surface area contributed by atoms with Gasteiger partial charge in [-0.25, -0.2) is 0 Å². The highest BCUT2D eigenvalue weighted by Crippen LogP contribution is 2.49. The van der Waals surface area contributed by atoms with E-state index < -0.39 is 116 Å². The molecule has 0 radical (unpaired) electrons. The van der Waals surface area contributed by atoms with Gasteiger partial charge < -0.3 is 9.13 Å². The highest BCUT2D eigenvalue weighted by Gasteiger charge is 2.42. The molecule has 3 heterocycles. The number of fused-ring (bicyclic) bond motifs is 6. The first-order valence-corrected chi connectivity index (χ1v) is 28.2. The zero-order valence-electron chi connectivity index (χ0n) is 49.0. The SMILES string of the molecule is Cc1cc(-c2cc(-n3c4ccc(-c5cc(C(F)(F)F)cc(C(F)(F)F)c5)cc4c4cc(-c5cc(C(F)(F)F)cc(C(F)(F)F)c5)ccc43)c(-n3c4ccc(-c5cc(C(F)(F)F)cc(C(F)(F)F)c5)cc4c4cc(-c5cc(C(F)(F)F)cc(C(F)(F)F)c5)ccc43)cc2C#N)cc(C)n1. The van der Waals surface area contributed by atoms with Crippen molar-refractivity contribution in [2.75, 3.05) is 0 Å². The highest BCUT2D eigenvalue weighted by atomic mass is 19.4. The van der Waals surface area contributed by atoms with Gasteiger partial charge in [0.1, 0.15) is 0 Å². The fourth-order valence-corrected chi connectivity index (χ4v) is 12.0. The van der Waals surface area contributed by atoms with Crippen LogP contribution in [0.4, 0.5) is 105 Å². The summed E-state index contributed by atoms with van der Waals surface area (Å²) in [7, 11) is 0. The lowest BCUT2D eigenvalue weighted by Gasteiger charge is -2.20. The summed E-state index contributed by atoms with van der Waals surface area (Å²) in [5.74, 6) is 0. The monoisotopic (exact) mass is 1390 g/mol. The van der Waals surface area contributed by atoms with Crippen LogP contribution in [0.3, 0.4) is 0 Å². The molecule has 502 valence electrons. The Morgan fingerprint density at radius 2 is 0.490 bits per heavy atom. The lowest BCUT2D eigenvalue weighted by Crippen LogP contribution is -2.11. The fourth-order valence-electron chi connectivity index (χ4n) is 12.0. The molecule has 0 unspecified atom stereocenters. The minimum Gasteiger partial charge on any atom is -0.307 e. The van der Waals surface area contributed by atoms with Crippen molar-refractivity contribution in [2.24, 2.45) is 0 Å². The molecule has 0 aliphatic heterocycles. The second kappa shape index (κ2) is 22.8. The maximum Gasteiger partial charge on any atom is 0.416 e. The van der Waals surface area contributed by atoms with Crippen LogP contribution in [-0.4, -0.2) is 14.1 Å². The number of nitrogens with zero attached hydrogens (tertiary/aromatic N) is 4. The molecule has 12 aromatic rings. The molecule has 0 atom stereocenters. The van der Waals surface area contributed by atoms with Gasteiger partial charge in [-0.2, -0.15) is 111 Å². The second-order valence-corrected chi connectivity index (χ2v) is 22.9. The second-order valence-electron chi connectivity index (χ2n) is 22.9. The summed E-state index contributed by atoms with van der Waals surface area (Å²) in [6, 6.07) is 23.5. The van der Waals surface area contributed by atoms with Gasteiger partial charge in [-0.05, 0) is 210 Å². The summed E-state index contributed by atoms with van der Waals surface area (Å²) in [5, 5.41) is 10.4. The van der Waals surface area contributed by atoms with Gasteiger partial charge in [-0.1, -0.05) is 24.3 Å². The normalized spacial score (nSPS) is 13.2. The average molecular weight is 1390 g/mol. The van der Waals surface area contributed by atoms with Gasteiger partial charge >= 0.3 is 49.4 Å². The van der Waals surface area contributed by atoms with E-state index in [9.17, 15) is 111 Å². The van der Waals surface area contributed by atoms with Crippen LogP contribution >= 0.6 is 0 Å². The van der Waals surface area contributed by atoms with Crippen molar-refractivity contribution in [2.45, 2.75) is 63.3 Å². The molecule has 0 aliphatic rings. The number of benzene rings is 9. The topological polar surface area (TPSA) is 46.5 Å². The third-order valence-electron chi connectivity index (χ3n) is 16.3. The van der Waals surface area contributed by atoms with E-state index in [-0.39, 0.29) is 118 Å². The first-order chi connectivity index (χ1) is 45.3. The van der Waals surface area contributed by atoms with E-state index in [1.807, 2.05) is 0 Å². The summed E-state index contributed by atoms with van der Waals surface area (Å²) >= 11 is 0. The van der Waals surface area contributed by atoms with E-state index in [0.29, 0.717) is 59.9 Å². The molecule has 12 rings (SSSR count). The largest absolute Gasteiger partial charge is 0.416 e. The third kappa shape index (κ3) is 12.7.